The highest BCUT2D eigenvalue weighted by Crippen LogP contribution is 2.30. The molecule has 0 spiro atoms. The summed E-state index contributed by atoms with van der Waals surface area (Å²) in [6, 6.07) is 3.33. The van der Waals surface area contributed by atoms with Crippen LogP contribution in [0.3, 0.4) is 0 Å². The van der Waals surface area contributed by atoms with Crippen molar-refractivity contribution in [1.82, 2.24) is 15.3 Å². The molecule has 0 saturated heterocycles. The Balaban J connectivity index is 1.70. The van der Waals surface area contributed by atoms with Crippen molar-refractivity contribution in [2.45, 2.75) is 44.2 Å². The average Bonchev–Trinajstić information content (AvgIpc) is 3.30. The summed E-state index contributed by atoms with van der Waals surface area (Å²) in [5.74, 6) is -7.61. The van der Waals surface area contributed by atoms with E-state index in [1.165, 1.54) is 23.5 Å². The van der Waals surface area contributed by atoms with Crippen LogP contribution in [0.15, 0.2) is 29.6 Å². The number of rotatable bonds is 14. The molecule has 15 heteroatoms. The number of fused-ring (bicyclic) bond motifs is 1. The molecule has 1 unspecified atom stereocenters. The van der Waals surface area contributed by atoms with Crippen molar-refractivity contribution in [1.29, 1.82) is 0 Å². The van der Waals surface area contributed by atoms with Crippen molar-refractivity contribution in [3.8, 4) is 0 Å². The summed E-state index contributed by atoms with van der Waals surface area (Å²) in [7, 11) is 0. The van der Waals surface area contributed by atoms with Crippen LogP contribution in [0.4, 0.5) is 11.8 Å². The standard InChI is InChI=1S/C25H28N6O8S/c26-15(24(38)39)9-14(23(36)37)19(34)16(7-8-17(32)33)29-21(35)12-4-1-11(2-5-12)3-6-13-10-40-22-18(13)20(27)30-25(28)31-22/h1-2,4-5,10,14-16H,3,6-9,26H2,(H,29,35)(H,32,33)(H,36,37)(H,38,39)(H4,27,28,30,31)/t14?,15-,16-/m0/s1. The van der Waals surface area contributed by atoms with Crippen LogP contribution in [0.2, 0.25) is 0 Å². The number of aliphatic carboxylic acids is 3. The predicted octanol–water partition coefficient (Wildman–Crippen LogP) is 0.676. The summed E-state index contributed by atoms with van der Waals surface area (Å²) in [5.41, 5.74) is 19.0. The Morgan fingerprint density at radius 2 is 1.62 bits per heavy atom. The van der Waals surface area contributed by atoms with E-state index < -0.39 is 66.9 Å². The fourth-order valence-corrected chi connectivity index (χ4v) is 5.05. The van der Waals surface area contributed by atoms with E-state index in [1.54, 1.807) is 12.1 Å². The Hall–Kier alpha value is -4.63. The fraction of sp³-hybridized carbons (Fsp3) is 0.320. The Bertz CT molecular complexity index is 1440. The van der Waals surface area contributed by atoms with Crippen LogP contribution in [0.25, 0.3) is 10.2 Å². The molecule has 14 nitrogen and oxygen atoms in total. The van der Waals surface area contributed by atoms with E-state index >= 15 is 0 Å². The topological polar surface area (TPSA) is 262 Å². The van der Waals surface area contributed by atoms with Gasteiger partial charge in [0, 0.05) is 12.0 Å². The highest BCUT2D eigenvalue weighted by Gasteiger charge is 2.36. The normalized spacial score (nSPS) is 13.3. The summed E-state index contributed by atoms with van der Waals surface area (Å²) in [4.78, 5) is 68.5. The number of carbonyl (C=O) groups is 5. The molecule has 40 heavy (non-hydrogen) atoms. The number of carboxylic acid groups (broad SMARTS) is 3. The van der Waals surface area contributed by atoms with Gasteiger partial charge >= 0.3 is 17.9 Å². The van der Waals surface area contributed by atoms with Crippen molar-refractivity contribution in [3.05, 3.63) is 46.3 Å². The monoisotopic (exact) mass is 572 g/mol. The second-order valence-corrected chi connectivity index (χ2v) is 9.90. The summed E-state index contributed by atoms with van der Waals surface area (Å²) < 4.78 is 0. The highest BCUT2D eigenvalue weighted by molar-refractivity contribution is 7.17. The van der Waals surface area contributed by atoms with E-state index in [-0.39, 0.29) is 11.5 Å². The molecule has 212 valence electrons. The zero-order chi connectivity index (χ0) is 29.6. The Morgan fingerprint density at radius 1 is 0.950 bits per heavy atom. The number of nitrogens with one attached hydrogen (secondary N) is 1. The van der Waals surface area contributed by atoms with Gasteiger partial charge in [-0.25, -0.2) is 4.98 Å². The van der Waals surface area contributed by atoms with Gasteiger partial charge in [-0.05, 0) is 54.3 Å². The molecule has 0 bridgehead atoms. The first-order valence-corrected chi connectivity index (χ1v) is 12.9. The smallest absolute Gasteiger partial charge is 0.320 e. The summed E-state index contributed by atoms with van der Waals surface area (Å²) in [6.45, 7) is 0. The minimum atomic E-state index is -1.85. The van der Waals surface area contributed by atoms with E-state index in [1.807, 2.05) is 5.38 Å². The van der Waals surface area contributed by atoms with Crippen molar-refractivity contribution in [3.63, 3.8) is 0 Å². The molecular formula is C25H28N6O8S. The van der Waals surface area contributed by atoms with Gasteiger partial charge in [0.15, 0.2) is 5.78 Å². The van der Waals surface area contributed by atoms with Crippen LogP contribution in [-0.2, 0) is 32.0 Å². The number of hydrogen-bond donors (Lipinski definition) is 7. The lowest BCUT2D eigenvalue weighted by molar-refractivity contribution is -0.148. The number of carboxylic acids is 3. The number of Topliss-reactive ketones (excluding diaryl/α,β-unsaturated/α-hetero) is 1. The first kappa shape index (κ1) is 29.9. The molecule has 0 fully saturated rings. The predicted molar refractivity (Wildman–Crippen MR) is 145 cm³/mol. The lowest BCUT2D eigenvalue weighted by atomic mass is 9.89. The third-order valence-electron chi connectivity index (χ3n) is 6.20. The number of anilines is 2. The number of carbonyl (C=O) groups excluding carboxylic acids is 2. The molecule has 0 aliphatic rings. The van der Waals surface area contributed by atoms with E-state index in [0.717, 1.165) is 16.5 Å². The zero-order valence-corrected chi connectivity index (χ0v) is 21.9. The summed E-state index contributed by atoms with van der Waals surface area (Å²) >= 11 is 1.40. The van der Waals surface area contributed by atoms with Crippen molar-refractivity contribution in [2.24, 2.45) is 11.7 Å². The number of aryl methyl sites for hydroxylation is 2. The van der Waals surface area contributed by atoms with Gasteiger partial charge in [0.2, 0.25) is 5.95 Å². The van der Waals surface area contributed by atoms with Gasteiger partial charge in [0.1, 0.15) is 22.6 Å². The van der Waals surface area contributed by atoms with Crippen LogP contribution in [0.5, 0.6) is 0 Å². The Kier molecular flexibility index (Phi) is 9.68. The molecule has 1 aromatic carbocycles. The molecule has 0 aliphatic carbocycles. The third kappa shape index (κ3) is 7.48. The summed E-state index contributed by atoms with van der Waals surface area (Å²) in [5, 5.41) is 32.6. The number of thiophene rings is 1. The molecule has 3 atom stereocenters. The van der Waals surface area contributed by atoms with E-state index in [2.05, 4.69) is 15.3 Å². The first-order chi connectivity index (χ1) is 18.9. The number of nitrogens with zero attached hydrogens (tertiary/aromatic N) is 2. The fourth-order valence-electron chi connectivity index (χ4n) is 4.06. The van der Waals surface area contributed by atoms with Gasteiger partial charge in [0.05, 0.1) is 11.4 Å². The largest absolute Gasteiger partial charge is 0.481 e. The molecule has 2 aromatic heterocycles. The Labute approximate surface area is 231 Å². The first-order valence-electron chi connectivity index (χ1n) is 12.0. The van der Waals surface area contributed by atoms with Crippen LogP contribution >= 0.6 is 11.3 Å². The number of nitrogens with two attached hydrogens (primary N) is 3. The van der Waals surface area contributed by atoms with Gasteiger partial charge in [-0.2, -0.15) is 4.98 Å². The molecule has 3 aromatic rings. The van der Waals surface area contributed by atoms with E-state index in [9.17, 15) is 29.1 Å². The van der Waals surface area contributed by atoms with E-state index in [0.29, 0.717) is 23.5 Å². The average molecular weight is 573 g/mol. The maximum absolute atomic E-state index is 12.9. The molecule has 0 radical (unpaired) electrons. The van der Waals surface area contributed by atoms with Gasteiger partial charge in [-0.1, -0.05) is 12.1 Å². The molecule has 0 saturated carbocycles. The van der Waals surface area contributed by atoms with Crippen LogP contribution in [-0.4, -0.2) is 67.0 Å². The van der Waals surface area contributed by atoms with Crippen molar-refractivity contribution >= 4 is 62.9 Å². The second-order valence-electron chi connectivity index (χ2n) is 9.04. The summed E-state index contributed by atoms with van der Waals surface area (Å²) in [6.07, 6.45) is -0.434. The minimum absolute atomic E-state index is 0.0986. The number of nitrogen functional groups attached to an aromatic ring is 2. The van der Waals surface area contributed by atoms with E-state index in [4.69, 9.17) is 27.4 Å². The number of benzene rings is 1. The maximum Gasteiger partial charge on any atom is 0.320 e. The number of ketones is 1. The van der Waals surface area contributed by atoms with Gasteiger partial charge < -0.3 is 37.8 Å². The third-order valence-corrected chi connectivity index (χ3v) is 7.12. The molecular weight excluding hydrogens is 544 g/mol. The number of amides is 1. The SMILES string of the molecule is Nc1nc(N)c2c(CCc3ccc(C(=O)N[C@@H](CCC(=O)O)C(=O)C(C[C@H](N)C(=O)O)C(=O)O)cc3)csc2n1. The van der Waals surface area contributed by atoms with Gasteiger partial charge in [-0.3, -0.25) is 24.0 Å². The molecule has 2 heterocycles. The molecule has 1 amide bonds. The quantitative estimate of drug-likeness (QED) is 0.131. The van der Waals surface area contributed by atoms with Crippen LogP contribution in [0.1, 0.15) is 40.7 Å². The highest BCUT2D eigenvalue weighted by atomic mass is 32.1. The minimum Gasteiger partial charge on any atom is -0.481 e. The van der Waals surface area contributed by atoms with Gasteiger partial charge in [-0.15, -0.1) is 11.3 Å². The van der Waals surface area contributed by atoms with Crippen LogP contribution in [0, 0.1) is 5.92 Å². The molecule has 10 N–H and O–H groups in total. The zero-order valence-electron chi connectivity index (χ0n) is 21.1. The second kappa shape index (κ2) is 12.9. The van der Waals surface area contributed by atoms with Crippen molar-refractivity contribution in [2.75, 3.05) is 11.5 Å². The van der Waals surface area contributed by atoms with Crippen molar-refractivity contribution < 1.29 is 39.3 Å². The molecule has 3 rings (SSSR count). The lowest BCUT2D eigenvalue weighted by Crippen LogP contribution is -2.47. The Morgan fingerprint density at radius 3 is 2.23 bits per heavy atom. The maximum atomic E-state index is 12.9. The number of hydrogen-bond acceptors (Lipinski definition) is 11. The number of aromatic nitrogens is 2. The molecule has 0 aliphatic heterocycles. The van der Waals surface area contributed by atoms with Gasteiger partial charge in [0.25, 0.3) is 5.91 Å². The lowest BCUT2D eigenvalue weighted by Gasteiger charge is -2.22. The van der Waals surface area contributed by atoms with Crippen LogP contribution < -0.4 is 22.5 Å².